The first-order valence-corrected chi connectivity index (χ1v) is 10.9. The van der Waals surface area contributed by atoms with E-state index >= 15 is 0 Å². The Morgan fingerprint density at radius 3 is 2.46 bits per heavy atom. The fourth-order valence-corrected chi connectivity index (χ4v) is 5.06. The van der Waals surface area contributed by atoms with E-state index in [1.54, 1.807) is 0 Å². The molecule has 0 aliphatic carbocycles. The Morgan fingerprint density at radius 1 is 1.12 bits per heavy atom. The molecule has 2 aliphatic heterocycles. The van der Waals surface area contributed by atoms with Gasteiger partial charge in [-0.15, -0.1) is 11.3 Å². The summed E-state index contributed by atoms with van der Waals surface area (Å²) in [6, 6.07) is 4.38. The number of aryl methyl sites for hydroxylation is 1. The molecule has 26 heavy (non-hydrogen) atoms. The van der Waals surface area contributed by atoms with Gasteiger partial charge in [-0.05, 0) is 78.0 Å². The van der Waals surface area contributed by atoms with Gasteiger partial charge in [-0.3, -0.25) is 9.89 Å². The lowest BCUT2D eigenvalue weighted by atomic mass is 9.84. The summed E-state index contributed by atoms with van der Waals surface area (Å²) in [5.74, 6) is 0.923. The van der Waals surface area contributed by atoms with E-state index in [9.17, 15) is 0 Å². The van der Waals surface area contributed by atoms with Gasteiger partial charge in [-0.1, -0.05) is 6.42 Å². The summed E-state index contributed by atoms with van der Waals surface area (Å²) < 4.78 is 0. The summed E-state index contributed by atoms with van der Waals surface area (Å²) in [5.41, 5.74) is 0.282. The predicted molar refractivity (Wildman–Crippen MR) is 112 cm³/mol. The molecule has 0 unspecified atom stereocenters. The lowest BCUT2D eigenvalue weighted by Crippen LogP contribution is -2.62. The lowest BCUT2D eigenvalue weighted by Gasteiger charge is -2.50. The number of aliphatic imine (C=N–C) groups is 1. The summed E-state index contributed by atoms with van der Waals surface area (Å²) in [6.07, 6.45) is 6.59. The third-order valence-corrected chi connectivity index (χ3v) is 6.98. The van der Waals surface area contributed by atoms with E-state index in [0.717, 1.165) is 19.0 Å². The minimum atomic E-state index is 0.282. The zero-order valence-corrected chi connectivity index (χ0v) is 17.5. The molecule has 1 aromatic rings. The molecule has 5 nitrogen and oxygen atoms in total. The van der Waals surface area contributed by atoms with Crippen LogP contribution in [0.3, 0.4) is 0 Å². The Bertz CT molecular complexity index is 583. The molecule has 146 valence electrons. The highest BCUT2D eigenvalue weighted by Gasteiger charge is 2.39. The maximum atomic E-state index is 4.46. The number of hydrogen-bond acceptors (Lipinski definition) is 4. The molecule has 2 N–H and O–H groups in total. The third kappa shape index (κ3) is 4.99. The van der Waals surface area contributed by atoms with Crippen LogP contribution < -0.4 is 10.6 Å². The fourth-order valence-electron chi connectivity index (χ4n) is 4.23. The van der Waals surface area contributed by atoms with Gasteiger partial charge in [-0.25, -0.2) is 0 Å². The van der Waals surface area contributed by atoms with E-state index in [1.165, 1.54) is 68.0 Å². The summed E-state index contributed by atoms with van der Waals surface area (Å²) in [6.45, 7) is 8.89. The van der Waals surface area contributed by atoms with Crippen LogP contribution in [-0.2, 0) is 6.54 Å². The molecule has 0 amide bonds. The zero-order valence-electron chi connectivity index (χ0n) is 16.7. The van der Waals surface area contributed by atoms with E-state index in [-0.39, 0.29) is 5.54 Å². The fraction of sp³-hybridized carbons (Fsp3) is 0.750. The molecule has 0 bridgehead atoms. The van der Waals surface area contributed by atoms with E-state index in [2.05, 4.69) is 51.5 Å². The van der Waals surface area contributed by atoms with Crippen LogP contribution in [0.4, 0.5) is 0 Å². The number of piperidine rings is 2. The van der Waals surface area contributed by atoms with Crippen molar-refractivity contribution < 1.29 is 0 Å². The minimum absolute atomic E-state index is 0.282. The highest BCUT2D eigenvalue weighted by atomic mass is 32.1. The first-order valence-electron chi connectivity index (χ1n) is 10.0. The van der Waals surface area contributed by atoms with Crippen LogP contribution in [0.25, 0.3) is 0 Å². The lowest BCUT2D eigenvalue weighted by molar-refractivity contribution is 0.0173. The smallest absolute Gasteiger partial charge is 0.191 e. The Hall–Kier alpha value is -1.11. The normalized spacial score (nSPS) is 22.3. The number of thiophene rings is 1. The van der Waals surface area contributed by atoms with Crippen molar-refractivity contribution in [1.82, 2.24) is 20.4 Å². The quantitative estimate of drug-likeness (QED) is 0.612. The summed E-state index contributed by atoms with van der Waals surface area (Å²) >= 11 is 1.85. The van der Waals surface area contributed by atoms with Crippen LogP contribution in [0.2, 0.25) is 0 Å². The average Bonchev–Trinajstić information content (AvgIpc) is 3.09. The molecule has 3 heterocycles. The van der Waals surface area contributed by atoms with Crippen LogP contribution in [0.1, 0.15) is 41.9 Å². The molecule has 0 atom stereocenters. The molecule has 1 aromatic heterocycles. The number of nitrogens with zero attached hydrogens (tertiary/aromatic N) is 3. The number of rotatable bonds is 5. The van der Waals surface area contributed by atoms with Crippen LogP contribution in [0, 0.1) is 6.92 Å². The molecular formula is C20H35N5S. The molecular weight excluding hydrogens is 342 g/mol. The van der Waals surface area contributed by atoms with Gasteiger partial charge in [0.1, 0.15) is 0 Å². The Morgan fingerprint density at radius 2 is 1.85 bits per heavy atom. The minimum Gasteiger partial charge on any atom is -0.355 e. The zero-order chi connectivity index (χ0) is 18.4. The number of hydrogen-bond donors (Lipinski definition) is 2. The maximum absolute atomic E-state index is 4.46. The van der Waals surface area contributed by atoms with Crippen molar-refractivity contribution in [1.29, 1.82) is 0 Å². The monoisotopic (exact) mass is 377 g/mol. The second-order valence-corrected chi connectivity index (χ2v) is 9.24. The standard InChI is InChI=1S/C20H35N5S/c1-17-7-8-18(26-17)15-22-19(21-2)23-16-20(9-13-24(3)14-10-20)25-11-5-4-6-12-25/h7-8H,4-6,9-16H2,1-3H3,(H2,21,22,23). The summed E-state index contributed by atoms with van der Waals surface area (Å²) in [7, 11) is 4.12. The molecule has 0 aromatic carbocycles. The highest BCUT2D eigenvalue weighted by Crippen LogP contribution is 2.30. The molecule has 0 saturated carbocycles. The van der Waals surface area contributed by atoms with Gasteiger partial charge >= 0.3 is 0 Å². The number of likely N-dealkylation sites (tertiary alicyclic amines) is 2. The Labute approximate surface area is 162 Å². The van der Waals surface area contributed by atoms with Gasteiger partial charge in [-0.2, -0.15) is 0 Å². The van der Waals surface area contributed by atoms with Gasteiger partial charge in [0.15, 0.2) is 5.96 Å². The molecule has 6 heteroatoms. The predicted octanol–water partition coefficient (Wildman–Crippen LogP) is 2.67. The number of guanidine groups is 1. The van der Waals surface area contributed by atoms with Gasteiger partial charge in [0.05, 0.1) is 6.54 Å². The Kier molecular flexibility index (Phi) is 6.95. The van der Waals surface area contributed by atoms with E-state index in [4.69, 9.17) is 0 Å². The topological polar surface area (TPSA) is 42.9 Å². The first-order chi connectivity index (χ1) is 12.6. The van der Waals surface area contributed by atoms with Crippen LogP contribution in [0.5, 0.6) is 0 Å². The first kappa shape index (κ1) is 19.6. The van der Waals surface area contributed by atoms with Crippen LogP contribution >= 0.6 is 11.3 Å². The van der Waals surface area contributed by atoms with Crippen LogP contribution in [-0.4, -0.2) is 68.1 Å². The molecule has 0 radical (unpaired) electrons. The third-order valence-electron chi connectivity index (χ3n) is 5.98. The second-order valence-electron chi connectivity index (χ2n) is 7.87. The van der Waals surface area contributed by atoms with E-state index in [1.807, 2.05) is 18.4 Å². The maximum Gasteiger partial charge on any atom is 0.191 e. The van der Waals surface area contributed by atoms with Crippen molar-refractivity contribution in [2.45, 2.75) is 51.1 Å². The van der Waals surface area contributed by atoms with Crippen molar-refractivity contribution in [2.24, 2.45) is 4.99 Å². The molecule has 0 spiro atoms. The molecule has 2 saturated heterocycles. The van der Waals surface area contributed by atoms with Crippen molar-refractivity contribution in [3.63, 3.8) is 0 Å². The van der Waals surface area contributed by atoms with Gasteiger partial charge in [0.2, 0.25) is 0 Å². The van der Waals surface area contributed by atoms with E-state index < -0.39 is 0 Å². The van der Waals surface area contributed by atoms with Crippen molar-refractivity contribution in [3.8, 4) is 0 Å². The van der Waals surface area contributed by atoms with Gasteiger partial charge in [0, 0.05) is 28.9 Å². The summed E-state index contributed by atoms with van der Waals surface area (Å²) in [4.78, 5) is 12.4. The van der Waals surface area contributed by atoms with Gasteiger partial charge in [0.25, 0.3) is 0 Å². The molecule has 2 aliphatic rings. The Balaban J connectivity index is 1.58. The van der Waals surface area contributed by atoms with E-state index in [0.29, 0.717) is 0 Å². The number of nitrogens with one attached hydrogen (secondary N) is 2. The van der Waals surface area contributed by atoms with Crippen LogP contribution in [0.15, 0.2) is 17.1 Å². The van der Waals surface area contributed by atoms with Gasteiger partial charge < -0.3 is 15.5 Å². The van der Waals surface area contributed by atoms with Crippen molar-refractivity contribution in [3.05, 3.63) is 21.9 Å². The largest absolute Gasteiger partial charge is 0.355 e. The van der Waals surface area contributed by atoms with Crippen molar-refractivity contribution >= 4 is 17.3 Å². The molecule has 3 rings (SSSR count). The second kappa shape index (κ2) is 9.20. The molecule has 2 fully saturated rings. The average molecular weight is 378 g/mol. The van der Waals surface area contributed by atoms with Crippen molar-refractivity contribution in [2.75, 3.05) is 46.8 Å². The highest BCUT2D eigenvalue weighted by molar-refractivity contribution is 7.11. The SMILES string of the molecule is CN=C(NCc1ccc(C)s1)NCC1(N2CCCCC2)CCN(C)CC1. The summed E-state index contributed by atoms with van der Waals surface area (Å²) in [5, 5.41) is 7.14.